The smallest absolute Gasteiger partial charge is 0.251 e. The third-order valence-corrected chi connectivity index (χ3v) is 3.60. The minimum Gasteiger partial charge on any atom is -0.313 e. The predicted molar refractivity (Wildman–Crippen MR) is 77.5 cm³/mol. The van der Waals surface area contributed by atoms with Gasteiger partial charge in [-0.3, -0.25) is 4.79 Å². The van der Waals surface area contributed by atoms with Gasteiger partial charge in [0.1, 0.15) is 0 Å². The van der Waals surface area contributed by atoms with Crippen LogP contribution in [0.25, 0.3) is 0 Å². The number of nitrogens with zero attached hydrogens (tertiary/aromatic N) is 1. The third-order valence-electron chi connectivity index (χ3n) is 2.59. The summed E-state index contributed by atoms with van der Waals surface area (Å²) in [7, 11) is 0. The van der Waals surface area contributed by atoms with Gasteiger partial charge in [0, 0.05) is 23.2 Å². The molecule has 0 spiro atoms. The van der Waals surface area contributed by atoms with Crippen LogP contribution in [0.15, 0.2) is 45.2 Å². The third kappa shape index (κ3) is 3.94. The molecule has 0 amide bonds. The Morgan fingerprint density at radius 2 is 2.16 bits per heavy atom. The number of nitrogens with one attached hydrogen (secondary N) is 2. The van der Waals surface area contributed by atoms with Crippen molar-refractivity contribution in [3.8, 4) is 0 Å². The van der Waals surface area contributed by atoms with Crippen molar-refractivity contribution in [2.45, 2.75) is 30.4 Å². The van der Waals surface area contributed by atoms with Crippen LogP contribution in [0.5, 0.6) is 0 Å². The standard InChI is InChI=1S/C14H17N3OS/c1-3-15-9-11-6-4-5-7-12(11)19-14-16-10(2)8-13(18)17-14/h4-8,15H,3,9H2,1-2H3,(H,16,17,18). The minimum absolute atomic E-state index is 0.112. The monoisotopic (exact) mass is 275 g/mol. The Bertz CT molecular complexity index is 610. The summed E-state index contributed by atoms with van der Waals surface area (Å²) in [4.78, 5) is 19.6. The molecule has 0 aliphatic carbocycles. The van der Waals surface area contributed by atoms with Gasteiger partial charge in [0.15, 0.2) is 5.16 Å². The lowest BCUT2D eigenvalue weighted by atomic mass is 10.2. The number of hydrogen-bond acceptors (Lipinski definition) is 4. The summed E-state index contributed by atoms with van der Waals surface area (Å²) in [6, 6.07) is 9.63. The van der Waals surface area contributed by atoms with Crippen LogP contribution in [0, 0.1) is 6.92 Å². The van der Waals surface area contributed by atoms with Crippen LogP contribution in [0.2, 0.25) is 0 Å². The molecule has 4 nitrogen and oxygen atoms in total. The fraction of sp³-hybridized carbons (Fsp3) is 0.286. The summed E-state index contributed by atoms with van der Waals surface area (Å²) in [5, 5.41) is 3.94. The summed E-state index contributed by atoms with van der Waals surface area (Å²) in [6.07, 6.45) is 0. The maximum atomic E-state index is 11.4. The molecule has 2 aromatic rings. The quantitative estimate of drug-likeness (QED) is 0.822. The van der Waals surface area contributed by atoms with Crippen molar-refractivity contribution in [2.75, 3.05) is 6.54 Å². The van der Waals surface area contributed by atoms with Crippen molar-refractivity contribution in [3.05, 3.63) is 51.9 Å². The van der Waals surface area contributed by atoms with E-state index in [0.29, 0.717) is 5.16 Å². The molecule has 0 bridgehead atoms. The van der Waals surface area contributed by atoms with E-state index < -0.39 is 0 Å². The number of H-pyrrole nitrogens is 1. The Morgan fingerprint density at radius 1 is 1.37 bits per heavy atom. The zero-order valence-corrected chi connectivity index (χ0v) is 11.9. The highest BCUT2D eigenvalue weighted by Crippen LogP contribution is 2.27. The second-order valence-electron chi connectivity index (χ2n) is 4.18. The number of aromatic amines is 1. The Hall–Kier alpha value is -1.59. The molecule has 0 atom stereocenters. The average molecular weight is 275 g/mol. The molecular formula is C14H17N3OS. The van der Waals surface area contributed by atoms with Gasteiger partial charge < -0.3 is 10.3 Å². The highest BCUT2D eigenvalue weighted by Gasteiger charge is 2.06. The SMILES string of the molecule is CCNCc1ccccc1Sc1nc(C)cc(=O)[nH]1. The molecule has 19 heavy (non-hydrogen) atoms. The normalized spacial score (nSPS) is 10.6. The molecule has 0 fully saturated rings. The molecule has 0 aliphatic heterocycles. The van der Waals surface area contributed by atoms with Crippen molar-refractivity contribution in [2.24, 2.45) is 0 Å². The van der Waals surface area contributed by atoms with Crippen LogP contribution in [0.4, 0.5) is 0 Å². The van der Waals surface area contributed by atoms with E-state index >= 15 is 0 Å². The number of aromatic nitrogens is 2. The van der Waals surface area contributed by atoms with Gasteiger partial charge in [-0.2, -0.15) is 0 Å². The molecule has 5 heteroatoms. The van der Waals surface area contributed by atoms with Gasteiger partial charge in [0.05, 0.1) is 0 Å². The molecule has 2 rings (SSSR count). The van der Waals surface area contributed by atoms with Gasteiger partial charge in [0.25, 0.3) is 5.56 Å². The van der Waals surface area contributed by atoms with Crippen molar-refractivity contribution in [1.29, 1.82) is 0 Å². The van der Waals surface area contributed by atoms with Gasteiger partial charge in [0.2, 0.25) is 0 Å². The van der Waals surface area contributed by atoms with E-state index in [4.69, 9.17) is 0 Å². The molecule has 2 N–H and O–H groups in total. The second-order valence-corrected chi connectivity index (χ2v) is 5.21. The molecule has 0 aliphatic rings. The second kappa shape index (κ2) is 6.54. The average Bonchev–Trinajstić information content (AvgIpc) is 2.36. The van der Waals surface area contributed by atoms with Crippen molar-refractivity contribution in [1.82, 2.24) is 15.3 Å². The van der Waals surface area contributed by atoms with Gasteiger partial charge >= 0.3 is 0 Å². The number of aryl methyl sites for hydroxylation is 1. The number of hydrogen-bond donors (Lipinski definition) is 2. The van der Waals surface area contributed by atoms with Crippen molar-refractivity contribution >= 4 is 11.8 Å². The molecule has 0 radical (unpaired) electrons. The first-order valence-corrected chi connectivity index (χ1v) is 7.05. The van der Waals surface area contributed by atoms with E-state index in [1.165, 1.54) is 23.4 Å². The molecule has 0 saturated heterocycles. The molecule has 1 heterocycles. The largest absolute Gasteiger partial charge is 0.313 e. The van der Waals surface area contributed by atoms with Crippen LogP contribution >= 0.6 is 11.8 Å². The first-order valence-electron chi connectivity index (χ1n) is 6.23. The van der Waals surface area contributed by atoms with Gasteiger partial charge in [-0.25, -0.2) is 4.98 Å². The number of rotatable bonds is 5. The maximum Gasteiger partial charge on any atom is 0.251 e. The van der Waals surface area contributed by atoms with Crippen molar-refractivity contribution in [3.63, 3.8) is 0 Å². The summed E-state index contributed by atoms with van der Waals surface area (Å²) in [5.41, 5.74) is 1.83. The van der Waals surface area contributed by atoms with Crippen LogP contribution in [-0.4, -0.2) is 16.5 Å². The predicted octanol–water partition coefficient (Wildman–Crippen LogP) is 2.34. The van der Waals surface area contributed by atoms with Gasteiger partial charge in [-0.05, 0) is 25.1 Å². The highest BCUT2D eigenvalue weighted by molar-refractivity contribution is 7.99. The Morgan fingerprint density at radius 3 is 2.89 bits per heavy atom. The van der Waals surface area contributed by atoms with E-state index in [9.17, 15) is 4.79 Å². The van der Waals surface area contributed by atoms with E-state index in [1.54, 1.807) is 0 Å². The zero-order valence-electron chi connectivity index (χ0n) is 11.1. The van der Waals surface area contributed by atoms with E-state index in [2.05, 4.69) is 28.3 Å². The first kappa shape index (κ1) is 13.8. The Labute approximate surface area is 116 Å². The Balaban J connectivity index is 2.24. The fourth-order valence-electron chi connectivity index (χ4n) is 1.71. The highest BCUT2D eigenvalue weighted by atomic mass is 32.2. The summed E-state index contributed by atoms with van der Waals surface area (Å²) in [5.74, 6) is 0. The molecule has 100 valence electrons. The zero-order chi connectivity index (χ0) is 13.7. The molecule has 0 unspecified atom stereocenters. The maximum absolute atomic E-state index is 11.4. The van der Waals surface area contributed by atoms with Crippen molar-refractivity contribution < 1.29 is 0 Å². The van der Waals surface area contributed by atoms with E-state index in [0.717, 1.165) is 23.7 Å². The van der Waals surface area contributed by atoms with Crippen LogP contribution in [0.3, 0.4) is 0 Å². The summed E-state index contributed by atoms with van der Waals surface area (Å²) >= 11 is 1.49. The molecule has 1 aromatic heterocycles. The van der Waals surface area contributed by atoms with Crippen LogP contribution < -0.4 is 10.9 Å². The Kier molecular flexibility index (Phi) is 4.76. The first-order chi connectivity index (χ1) is 9.19. The van der Waals surface area contributed by atoms with E-state index in [-0.39, 0.29) is 5.56 Å². The molecule has 0 saturated carbocycles. The number of benzene rings is 1. The molecule has 1 aromatic carbocycles. The van der Waals surface area contributed by atoms with E-state index in [1.807, 2.05) is 25.1 Å². The van der Waals surface area contributed by atoms with Crippen LogP contribution in [-0.2, 0) is 6.54 Å². The fourth-order valence-corrected chi connectivity index (χ4v) is 2.68. The lowest BCUT2D eigenvalue weighted by Crippen LogP contribution is -2.12. The lowest BCUT2D eigenvalue weighted by Gasteiger charge is -2.09. The summed E-state index contributed by atoms with van der Waals surface area (Å²) in [6.45, 7) is 5.65. The lowest BCUT2D eigenvalue weighted by molar-refractivity contribution is 0.717. The van der Waals surface area contributed by atoms with Gasteiger partial charge in [-0.1, -0.05) is 36.9 Å². The molecular weight excluding hydrogens is 258 g/mol. The van der Waals surface area contributed by atoms with Crippen LogP contribution in [0.1, 0.15) is 18.2 Å². The summed E-state index contributed by atoms with van der Waals surface area (Å²) < 4.78 is 0. The topological polar surface area (TPSA) is 57.8 Å². The minimum atomic E-state index is -0.112. The van der Waals surface area contributed by atoms with Gasteiger partial charge in [-0.15, -0.1) is 0 Å².